The van der Waals surface area contributed by atoms with E-state index in [9.17, 15) is 9.59 Å². The van der Waals surface area contributed by atoms with Crippen LogP contribution in [0.5, 0.6) is 0 Å². The minimum atomic E-state index is -0.172. The van der Waals surface area contributed by atoms with Crippen molar-refractivity contribution in [2.24, 2.45) is 13.0 Å². The molecule has 22 heavy (non-hydrogen) atoms. The van der Waals surface area contributed by atoms with E-state index in [1.54, 1.807) is 10.9 Å². The second-order valence-corrected chi connectivity index (χ2v) is 5.73. The first-order valence-electron chi connectivity index (χ1n) is 7.92. The zero-order chi connectivity index (χ0) is 15.8. The maximum absolute atomic E-state index is 11.6. The van der Waals surface area contributed by atoms with Gasteiger partial charge in [-0.05, 0) is 31.2 Å². The molecule has 0 spiro atoms. The number of carbonyl (C=O) groups excluding carboxylic acids is 2. The predicted molar refractivity (Wildman–Crippen MR) is 83.3 cm³/mol. The third kappa shape index (κ3) is 5.38. The Morgan fingerprint density at radius 3 is 2.59 bits per heavy atom. The van der Waals surface area contributed by atoms with Gasteiger partial charge in [-0.25, -0.2) is 4.79 Å². The molecule has 1 aliphatic carbocycles. The number of hydrogen-bond acceptors (Lipinski definition) is 3. The van der Waals surface area contributed by atoms with E-state index < -0.39 is 0 Å². The molecule has 7 heteroatoms. The summed E-state index contributed by atoms with van der Waals surface area (Å²) >= 11 is 0. The zero-order valence-electron chi connectivity index (χ0n) is 13.1. The van der Waals surface area contributed by atoms with Gasteiger partial charge in [0, 0.05) is 38.8 Å². The molecule has 1 saturated carbocycles. The lowest BCUT2D eigenvalue weighted by Crippen LogP contribution is -2.39. The number of carbonyl (C=O) groups is 2. The van der Waals surface area contributed by atoms with Crippen molar-refractivity contribution in [3.63, 3.8) is 0 Å². The van der Waals surface area contributed by atoms with Gasteiger partial charge in [-0.1, -0.05) is 6.42 Å². The number of urea groups is 1. The highest BCUT2D eigenvalue weighted by molar-refractivity contribution is 5.79. The summed E-state index contributed by atoms with van der Waals surface area (Å²) in [6.45, 7) is 1.75. The fraction of sp³-hybridized carbons (Fsp3) is 0.667. The van der Waals surface area contributed by atoms with E-state index in [1.807, 2.05) is 13.2 Å². The maximum Gasteiger partial charge on any atom is 0.314 e. The van der Waals surface area contributed by atoms with Crippen molar-refractivity contribution in [1.82, 2.24) is 25.7 Å². The summed E-state index contributed by atoms with van der Waals surface area (Å²) in [6, 6.07) is -0.172. The monoisotopic (exact) mass is 307 g/mol. The lowest BCUT2D eigenvalue weighted by atomic mass is 9.85. The maximum atomic E-state index is 11.6. The number of rotatable bonds is 8. The Balaban J connectivity index is 1.44. The fourth-order valence-electron chi connectivity index (χ4n) is 2.30. The Labute approximate surface area is 130 Å². The Hall–Kier alpha value is -2.05. The third-order valence-corrected chi connectivity index (χ3v) is 3.87. The summed E-state index contributed by atoms with van der Waals surface area (Å²) in [7, 11) is 1.87. The van der Waals surface area contributed by atoms with Crippen molar-refractivity contribution in [3.05, 3.63) is 18.0 Å². The average molecular weight is 307 g/mol. The van der Waals surface area contributed by atoms with E-state index in [1.165, 1.54) is 6.42 Å². The molecule has 3 amide bonds. The SMILES string of the molecule is Cn1cc(CCNC(=O)NCCCNC(=O)C2CCC2)cn1. The molecular formula is C15H25N5O2. The summed E-state index contributed by atoms with van der Waals surface area (Å²) < 4.78 is 1.74. The van der Waals surface area contributed by atoms with Crippen molar-refractivity contribution >= 4 is 11.9 Å². The van der Waals surface area contributed by atoms with Crippen LogP contribution < -0.4 is 16.0 Å². The number of nitrogens with zero attached hydrogens (tertiary/aromatic N) is 2. The van der Waals surface area contributed by atoms with E-state index in [2.05, 4.69) is 21.0 Å². The van der Waals surface area contributed by atoms with Gasteiger partial charge in [0.15, 0.2) is 0 Å². The lowest BCUT2D eigenvalue weighted by Gasteiger charge is -2.23. The molecule has 0 radical (unpaired) electrons. The second-order valence-electron chi connectivity index (χ2n) is 5.73. The summed E-state index contributed by atoms with van der Waals surface area (Å²) in [5, 5.41) is 12.6. The number of aromatic nitrogens is 2. The summed E-state index contributed by atoms with van der Waals surface area (Å²) in [5.74, 6) is 0.385. The molecule has 7 nitrogen and oxygen atoms in total. The van der Waals surface area contributed by atoms with E-state index in [0.717, 1.165) is 31.2 Å². The smallest absolute Gasteiger partial charge is 0.314 e. The Kier molecular flexibility index (Phi) is 6.24. The highest BCUT2D eigenvalue weighted by atomic mass is 16.2. The Bertz CT molecular complexity index is 496. The largest absolute Gasteiger partial charge is 0.356 e. The molecule has 0 atom stereocenters. The molecule has 2 rings (SSSR count). The van der Waals surface area contributed by atoms with Crippen LogP contribution >= 0.6 is 0 Å². The van der Waals surface area contributed by atoms with Crippen LogP contribution in [0.15, 0.2) is 12.4 Å². The highest BCUT2D eigenvalue weighted by Crippen LogP contribution is 2.25. The van der Waals surface area contributed by atoms with Gasteiger partial charge < -0.3 is 16.0 Å². The minimum Gasteiger partial charge on any atom is -0.356 e. The molecule has 122 valence electrons. The Morgan fingerprint density at radius 2 is 1.95 bits per heavy atom. The standard InChI is InChI=1S/C15H25N5O2/c1-20-11-12(10-19-20)6-9-18-15(22)17-8-3-7-16-14(21)13-4-2-5-13/h10-11,13H,2-9H2,1H3,(H,16,21)(H2,17,18,22). The highest BCUT2D eigenvalue weighted by Gasteiger charge is 2.24. The molecule has 1 heterocycles. The first-order valence-corrected chi connectivity index (χ1v) is 7.92. The fourth-order valence-corrected chi connectivity index (χ4v) is 2.30. The number of amides is 3. The third-order valence-electron chi connectivity index (χ3n) is 3.87. The van der Waals surface area contributed by atoms with Crippen LogP contribution in [0.3, 0.4) is 0 Å². The van der Waals surface area contributed by atoms with Crippen LogP contribution in [0.4, 0.5) is 4.79 Å². The average Bonchev–Trinajstić information content (AvgIpc) is 2.82. The van der Waals surface area contributed by atoms with Gasteiger partial charge in [0.05, 0.1) is 6.20 Å². The molecular weight excluding hydrogens is 282 g/mol. The van der Waals surface area contributed by atoms with Gasteiger partial charge in [0.2, 0.25) is 5.91 Å². The van der Waals surface area contributed by atoms with E-state index in [-0.39, 0.29) is 17.9 Å². The van der Waals surface area contributed by atoms with E-state index in [4.69, 9.17) is 0 Å². The van der Waals surface area contributed by atoms with Crippen LogP contribution in [0.25, 0.3) is 0 Å². The number of nitrogens with one attached hydrogen (secondary N) is 3. The molecule has 3 N–H and O–H groups in total. The summed E-state index contributed by atoms with van der Waals surface area (Å²) in [4.78, 5) is 23.2. The molecule has 0 aliphatic heterocycles. The van der Waals surface area contributed by atoms with Gasteiger partial charge in [0.1, 0.15) is 0 Å². The van der Waals surface area contributed by atoms with E-state index in [0.29, 0.717) is 19.6 Å². The van der Waals surface area contributed by atoms with E-state index >= 15 is 0 Å². The second kappa shape index (κ2) is 8.41. The lowest BCUT2D eigenvalue weighted by molar-refractivity contribution is -0.127. The van der Waals surface area contributed by atoms with Gasteiger partial charge >= 0.3 is 6.03 Å². The van der Waals surface area contributed by atoms with Crippen molar-refractivity contribution in [2.45, 2.75) is 32.1 Å². The van der Waals surface area contributed by atoms with Gasteiger partial charge in [-0.3, -0.25) is 9.48 Å². The number of aryl methyl sites for hydroxylation is 1. The zero-order valence-corrected chi connectivity index (χ0v) is 13.1. The van der Waals surface area contributed by atoms with Crippen LogP contribution in [0.1, 0.15) is 31.2 Å². The molecule has 0 saturated heterocycles. The molecule has 1 aromatic rings. The molecule has 1 aliphatic rings. The van der Waals surface area contributed by atoms with Crippen LogP contribution in [-0.2, 0) is 18.3 Å². The normalized spacial score (nSPS) is 14.2. The first kappa shape index (κ1) is 16.3. The van der Waals surface area contributed by atoms with Crippen molar-refractivity contribution < 1.29 is 9.59 Å². The van der Waals surface area contributed by atoms with Gasteiger partial charge in [0.25, 0.3) is 0 Å². The molecule has 1 fully saturated rings. The van der Waals surface area contributed by atoms with Crippen LogP contribution in [0.2, 0.25) is 0 Å². The first-order chi connectivity index (χ1) is 10.6. The van der Waals surface area contributed by atoms with Gasteiger partial charge in [-0.15, -0.1) is 0 Å². The van der Waals surface area contributed by atoms with Crippen LogP contribution in [0, 0.1) is 5.92 Å². The Morgan fingerprint density at radius 1 is 1.23 bits per heavy atom. The van der Waals surface area contributed by atoms with Gasteiger partial charge in [-0.2, -0.15) is 5.10 Å². The minimum absolute atomic E-state index is 0.159. The van der Waals surface area contributed by atoms with Crippen molar-refractivity contribution in [2.75, 3.05) is 19.6 Å². The number of hydrogen-bond donors (Lipinski definition) is 3. The predicted octanol–water partition coefficient (Wildman–Crippen LogP) is 0.568. The summed E-state index contributed by atoms with van der Waals surface area (Å²) in [6.07, 6.45) is 8.44. The summed E-state index contributed by atoms with van der Waals surface area (Å²) in [5.41, 5.74) is 1.10. The van der Waals surface area contributed by atoms with Crippen molar-refractivity contribution in [1.29, 1.82) is 0 Å². The molecule has 1 aromatic heterocycles. The van der Waals surface area contributed by atoms with Crippen LogP contribution in [-0.4, -0.2) is 41.4 Å². The molecule has 0 aromatic carbocycles. The molecule has 0 unspecified atom stereocenters. The quantitative estimate of drug-likeness (QED) is 0.614. The topological polar surface area (TPSA) is 88.0 Å². The van der Waals surface area contributed by atoms with Crippen molar-refractivity contribution in [3.8, 4) is 0 Å². The molecule has 0 bridgehead atoms.